The third-order valence-electron chi connectivity index (χ3n) is 4.79. The van der Waals surface area contributed by atoms with Crippen LogP contribution in [0.2, 0.25) is 5.02 Å². The lowest BCUT2D eigenvalue weighted by Gasteiger charge is -2.30. The van der Waals surface area contributed by atoms with Crippen LogP contribution in [0.25, 0.3) is 0 Å². The van der Waals surface area contributed by atoms with Crippen LogP contribution in [0.15, 0.2) is 82.9 Å². The molecule has 2 atom stereocenters. The van der Waals surface area contributed by atoms with Crippen LogP contribution in [0.4, 0.5) is 0 Å². The van der Waals surface area contributed by atoms with E-state index in [2.05, 4.69) is 50.3 Å². The number of nitrogens with zero attached hydrogens (tertiary/aromatic N) is 1. The van der Waals surface area contributed by atoms with Gasteiger partial charge in [-0.3, -0.25) is 4.99 Å². The highest BCUT2D eigenvalue weighted by Crippen LogP contribution is 2.35. The van der Waals surface area contributed by atoms with E-state index < -0.39 is 5.54 Å². The molecule has 134 valence electrons. The minimum absolute atomic E-state index is 0.178. The van der Waals surface area contributed by atoms with E-state index >= 15 is 0 Å². The second-order valence-electron chi connectivity index (χ2n) is 7.36. The van der Waals surface area contributed by atoms with Crippen LogP contribution >= 0.6 is 23.2 Å². The third-order valence-corrected chi connectivity index (χ3v) is 5.28. The van der Waals surface area contributed by atoms with E-state index in [1.807, 2.05) is 42.6 Å². The van der Waals surface area contributed by atoms with Crippen LogP contribution in [-0.4, -0.2) is 6.21 Å². The molecule has 0 amide bonds. The first kappa shape index (κ1) is 18.9. The van der Waals surface area contributed by atoms with E-state index in [1.165, 1.54) is 5.56 Å². The Morgan fingerprint density at radius 2 is 1.88 bits per heavy atom. The maximum atomic E-state index is 6.26. The molecule has 0 aromatic heterocycles. The fourth-order valence-electron chi connectivity index (χ4n) is 3.27. The Labute approximate surface area is 166 Å². The molecule has 0 N–H and O–H groups in total. The molecule has 0 saturated carbocycles. The van der Waals surface area contributed by atoms with Crippen molar-refractivity contribution >= 4 is 29.4 Å². The largest absolute Gasteiger partial charge is 0.285 e. The zero-order valence-corrected chi connectivity index (χ0v) is 16.6. The smallest absolute Gasteiger partial charge is 0.0865 e. The highest BCUT2D eigenvalue weighted by molar-refractivity contribution is 6.30. The van der Waals surface area contributed by atoms with Gasteiger partial charge in [0.1, 0.15) is 0 Å². The van der Waals surface area contributed by atoms with Gasteiger partial charge in [0, 0.05) is 28.1 Å². The Hall–Kier alpha value is -1.83. The molecule has 2 aromatic rings. The molecule has 0 heterocycles. The van der Waals surface area contributed by atoms with Gasteiger partial charge in [-0.2, -0.15) is 0 Å². The molecule has 0 aliphatic heterocycles. The van der Waals surface area contributed by atoms with E-state index in [4.69, 9.17) is 28.2 Å². The first-order valence-electron chi connectivity index (χ1n) is 8.79. The Bertz CT molecular complexity index is 854. The highest BCUT2D eigenvalue weighted by atomic mass is 35.5. The van der Waals surface area contributed by atoms with Crippen LogP contribution in [-0.2, 0) is 12.0 Å². The lowest BCUT2D eigenvalue weighted by Crippen LogP contribution is -2.26. The normalized spacial score (nSPS) is 22.2. The fraction of sp³-hybridized carbons (Fsp3) is 0.261. The van der Waals surface area contributed by atoms with Crippen molar-refractivity contribution in [2.24, 2.45) is 10.4 Å². The first-order chi connectivity index (χ1) is 12.4. The van der Waals surface area contributed by atoms with Crippen molar-refractivity contribution in [3.8, 4) is 0 Å². The van der Waals surface area contributed by atoms with Crippen molar-refractivity contribution < 1.29 is 0 Å². The molecule has 0 bridgehead atoms. The second-order valence-corrected chi connectivity index (χ2v) is 8.28. The summed E-state index contributed by atoms with van der Waals surface area (Å²) in [6, 6.07) is 18.4. The van der Waals surface area contributed by atoms with Gasteiger partial charge >= 0.3 is 0 Å². The van der Waals surface area contributed by atoms with Crippen LogP contribution < -0.4 is 0 Å². The van der Waals surface area contributed by atoms with E-state index in [9.17, 15) is 0 Å². The van der Waals surface area contributed by atoms with Crippen LogP contribution in [0.1, 0.15) is 31.4 Å². The van der Waals surface area contributed by atoms with Gasteiger partial charge in [-0.05, 0) is 42.7 Å². The summed E-state index contributed by atoms with van der Waals surface area (Å²) in [5.41, 5.74) is 1.77. The van der Waals surface area contributed by atoms with Crippen LogP contribution in [0.3, 0.4) is 0 Å². The summed E-state index contributed by atoms with van der Waals surface area (Å²) in [6.07, 6.45) is 9.72. The monoisotopic (exact) mass is 383 g/mol. The molecule has 3 heteroatoms. The van der Waals surface area contributed by atoms with Crippen molar-refractivity contribution in [1.82, 2.24) is 0 Å². The second kappa shape index (κ2) is 7.82. The van der Waals surface area contributed by atoms with Gasteiger partial charge in [0.2, 0.25) is 0 Å². The molecule has 0 spiro atoms. The predicted octanol–water partition coefficient (Wildman–Crippen LogP) is 6.96. The Balaban J connectivity index is 1.96. The summed E-state index contributed by atoms with van der Waals surface area (Å²) in [5.74, 6) is 0. The van der Waals surface area contributed by atoms with E-state index in [0.717, 1.165) is 28.5 Å². The number of aliphatic imine (C=N–C) groups is 1. The minimum atomic E-state index is -0.406. The van der Waals surface area contributed by atoms with Gasteiger partial charge in [0.25, 0.3) is 0 Å². The molecule has 0 radical (unpaired) electrons. The zero-order valence-electron chi connectivity index (χ0n) is 15.1. The van der Waals surface area contributed by atoms with Gasteiger partial charge in [-0.1, -0.05) is 84.7 Å². The molecule has 3 rings (SSSR count). The van der Waals surface area contributed by atoms with E-state index in [-0.39, 0.29) is 5.41 Å². The highest BCUT2D eigenvalue weighted by Gasteiger charge is 2.29. The van der Waals surface area contributed by atoms with Crippen molar-refractivity contribution in [1.29, 1.82) is 0 Å². The summed E-state index contributed by atoms with van der Waals surface area (Å²) in [6.45, 7) is 4.32. The Morgan fingerprint density at radius 1 is 1.12 bits per heavy atom. The van der Waals surface area contributed by atoms with E-state index in [1.54, 1.807) is 0 Å². The standard InChI is InChI=1S/C23H23Cl2N/c1-22(13-7-12-21(25)16-22)17-26-23(2,15-18-8-4-3-5-9-18)19-10-6-11-20(24)14-19/h3-14,17H,15-16H2,1-2H3. The van der Waals surface area contributed by atoms with Crippen molar-refractivity contribution in [3.05, 3.63) is 94.0 Å². The number of benzene rings is 2. The van der Waals surface area contributed by atoms with Gasteiger partial charge in [0.05, 0.1) is 5.54 Å². The molecule has 1 aliphatic rings. The van der Waals surface area contributed by atoms with Crippen LogP contribution in [0, 0.1) is 5.41 Å². The maximum Gasteiger partial charge on any atom is 0.0865 e. The molecule has 1 nitrogen and oxygen atoms in total. The van der Waals surface area contributed by atoms with Gasteiger partial charge < -0.3 is 0 Å². The summed E-state index contributed by atoms with van der Waals surface area (Å²) in [5, 5.41) is 1.58. The molecular formula is C23H23Cl2N. The number of hydrogen-bond donors (Lipinski definition) is 0. The average molecular weight is 384 g/mol. The minimum Gasteiger partial charge on any atom is -0.285 e. The van der Waals surface area contributed by atoms with Crippen LogP contribution in [0.5, 0.6) is 0 Å². The maximum absolute atomic E-state index is 6.26. The molecule has 2 aromatic carbocycles. The molecule has 26 heavy (non-hydrogen) atoms. The number of hydrogen-bond acceptors (Lipinski definition) is 1. The molecular weight excluding hydrogens is 361 g/mol. The molecule has 0 saturated heterocycles. The summed E-state index contributed by atoms with van der Waals surface area (Å²) in [7, 11) is 0. The number of halogens is 2. The zero-order chi connectivity index (χ0) is 18.6. The molecule has 1 aliphatic carbocycles. The summed E-state index contributed by atoms with van der Waals surface area (Å²) >= 11 is 12.5. The quantitative estimate of drug-likeness (QED) is 0.494. The number of rotatable bonds is 5. The fourth-order valence-corrected chi connectivity index (χ4v) is 3.82. The predicted molar refractivity (Wildman–Crippen MR) is 113 cm³/mol. The van der Waals surface area contributed by atoms with E-state index in [0.29, 0.717) is 0 Å². The SMILES string of the molecule is CC1(C=NC(C)(Cc2ccccc2)c2cccc(Cl)c2)C=CC=C(Cl)C1. The third kappa shape index (κ3) is 4.66. The number of allylic oxidation sites excluding steroid dienone is 4. The van der Waals surface area contributed by atoms with Crippen molar-refractivity contribution in [2.75, 3.05) is 0 Å². The van der Waals surface area contributed by atoms with Crippen molar-refractivity contribution in [2.45, 2.75) is 32.2 Å². The summed E-state index contributed by atoms with van der Waals surface area (Å²) < 4.78 is 0. The first-order valence-corrected chi connectivity index (χ1v) is 9.54. The van der Waals surface area contributed by atoms with Crippen molar-refractivity contribution in [3.63, 3.8) is 0 Å². The molecule has 0 fully saturated rings. The van der Waals surface area contributed by atoms with Gasteiger partial charge in [-0.25, -0.2) is 0 Å². The summed E-state index contributed by atoms with van der Waals surface area (Å²) in [4.78, 5) is 5.07. The Kier molecular flexibility index (Phi) is 5.70. The lowest BCUT2D eigenvalue weighted by molar-refractivity contribution is 0.486. The van der Waals surface area contributed by atoms with Gasteiger partial charge in [0.15, 0.2) is 0 Å². The Morgan fingerprint density at radius 3 is 2.58 bits per heavy atom. The topological polar surface area (TPSA) is 12.4 Å². The average Bonchev–Trinajstić information content (AvgIpc) is 2.61. The van der Waals surface area contributed by atoms with Gasteiger partial charge in [-0.15, -0.1) is 0 Å². The lowest BCUT2D eigenvalue weighted by atomic mass is 9.83. The molecule has 2 unspecified atom stereocenters.